The van der Waals surface area contributed by atoms with Gasteiger partial charge in [0.05, 0.1) is 0 Å². The van der Waals surface area contributed by atoms with E-state index in [0.717, 1.165) is 28.7 Å². The molecule has 16 heavy (non-hydrogen) atoms. The van der Waals surface area contributed by atoms with Crippen molar-refractivity contribution in [1.29, 1.82) is 0 Å². The molecule has 0 amide bonds. The Labute approximate surface area is 99.1 Å². The van der Waals surface area contributed by atoms with Crippen LogP contribution in [0.25, 0.3) is 0 Å². The van der Waals surface area contributed by atoms with Crippen LogP contribution in [-0.4, -0.2) is 28.8 Å². The topological polar surface area (TPSA) is 63.8 Å². The highest BCUT2D eigenvalue weighted by atomic mass is 32.2. The lowest BCUT2D eigenvalue weighted by molar-refractivity contribution is 1.04. The molecule has 84 valence electrons. The minimum atomic E-state index is 0.566. The van der Waals surface area contributed by atoms with E-state index in [1.807, 2.05) is 0 Å². The smallest absolute Gasteiger partial charge is 0.158 e. The molecule has 3 N–H and O–H groups in total. The lowest BCUT2D eigenvalue weighted by Crippen LogP contribution is -2.08. The highest BCUT2D eigenvalue weighted by Gasteiger charge is 2.04. The van der Waals surface area contributed by atoms with Crippen LogP contribution >= 0.6 is 11.8 Å². The van der Waals surface area contributed by atoms with Crippen molar-refractivity contribution in [2.45, 2.75) is 5.03 Å². The summed E-state index contributed by atoms with van der Waals surface area (Å²) >= 11 is 1.67. The molecule has 1 aliphatic rings. The van der Waals surface area contributed by atoms with Gasteiger partial charge in [-0.05, 0) is 5.57 Å². The molecule has 0 saturated carbocycles. The summed E-state index contributed by atoms with van der Waals surface area (Å²) in [4.78, 5) is 8.56. The molecule has 1 aromatic heterocycles. The van der Waals surface area contributed by atoms with Crippen molar-refractivity contribution in [3.05, 3.63) is 36.2 Å². The molecule has 1 aliphatic heterocycles. The van der Waals surface area contributed by atoms with Gasteiger partial charge in [-0.2, -0.15) is 0 Å². The van der Waals surface area contributed by atoms with Crippen LogP contribution in [0.15, 0.2) is 41.2 Å². The average molecular weight is 234 g/mol. The molecule has 0 aromatic carbocycles. The van der Waals surface area contributed by atoms with Crippen LogP contribution in [0.1, 0.15) is 0 Å². The van der Waals surface area contributed by atoms with Gasteiger partial charge in [0.2, 0.25) is 0 Å². The number of aromatic nitrogens is 2. The van der Waals surface area contributed by atoms with Gasteiger partial charge in [0.15, 0.2) is 5.82 Å². The van der Waals surface area contributed by atoms with Crippen LogP contribution in [0.2, 0.25) is 0 Å². The number of nitrogens with one attached hydrogen (secondary N) is 1. The third-order valence-corrected chi connectivity index (χ3v) is 3.11. The molecule has 0 unspecified atom stereocenters. The normalized spacial score (nSPS) is 21.2. The summed E-state index contributed by atoms with van der Waals surface area (Å²) in [6.07, 6.45) is 9.65. The van der Waals surface area contributed by atoms with Gasteiger partial charge >= 0.3 is 0 Å². The first-order chi connectivity index (χ1) is 7.90. The standard InChI is InChI=1S/C11H14N4S/c12-8-9-2-1-7-16-11-10(13-4-3-9)14-5-6-15-11/h1-3,5-6H,4,7-8,12H2,(H,13,14)/b2-1-,9-3+. The predicted octanol–water partition coefficient (Wildman–Crippen LogP) is 1.44. The number of fused-ring (bicyclic) bond motifs is 1. The number of nitrogens with zero attached hydrogens (tertiary/aromatic N) is 2. The minimum Gasteiger partial charge on any atom is -0.364 e. The van der Waals surface area contributed by atoms with Gasteiger partial charge in [-0.1, -0.05) is 30.0 Å². The Kier molecular flexibility index (Phi) is 3.96. The molecule has 0 atom stereocenters. The summed E-state index contributed by atoms with van der Waals surface area (Å²) in [5.41, 5.74) is 6.77. The lowest BCUT2D eigenvalue weighted by atomic mass is 10.2. The first-order valence-electron chi connectivity index (χ1n) is 5.13. The SMILES string of the molecule is NCC1=C/CNc2nccnc2SC/C=C\1. The zero-order valence-electron chi connectivity index (χ0n) is 8.89. The molecular weight excluding hydrogens is 220 g/mol. The van der Waals surface area contributed by atoms with Crippen molar-refractivity contribution >= 4 is 17.6 Å². The quantitative estimate of drug-likeness (QED) is 0.769. The van der Waals surface area contributed by atoms with Crippen molar-refractivity contribution in [3.63, 3.8) is 0 Å². The van der Waals surface area contributed by atoms with Crippen molar-refractivity contribution in [1.82, 2.24) is 9.97 Å². The van der Waals surface area contributed by atoms with Crippen LogP contribution in [0.5, 0.6) is 0 Å². The van der Waals surface area contributed by atoms with E-state index in [9.17, 15) is 0 Å². The maximum absolute atomic E-state index is 5.63. The van der Waals surface area contributed by atoms with E-state index in [0.29, 0.717) is 6.54 Å². The van der Waals surface area contributed by atoms with Crippen LogP contribution in [0.3, 0.4) is 0 Å². The van der Waals surface area contributed by atoms with Gasteiger partial charge in [-0.3, -0.25) is 0 Å². The maximum Gasteiger partial charge on any atom is 0.158 e. The Balaban J connectivity index is 2.20. The molecule has 0 bridgehead atoms. The molecule has 0 aliphatic carbocycles. The van der Waals surface area contributed by atoms with Gasteiger partial charge in [-0.15, -0.1) is 0 Å². The van der Waals surface area contributed by atoms with E-state index < -0.39 is 0 Å². The van der Waals surface area contributed by atoms with Crippen molar-refractivity contribution in [3.8, 4) is 0 Å². The molecule has 1 aromatic rings. The second kappa shape index (κ2) is 5.67. The van der Waals surface area contributed by atoms with E-state index in [1.165, 1.54) is 0 Å². The summed E-state index contributed by atoms with van der Waals surface area (Å²) < 4.78 is 0. The van der Waals surface area contributed by atoms with Gasteiger partial charge in [-0.25, -0.2) is 9.97 Å². The molecule has 0 saturated heterocycles. The second-order valence-electron chi connectivity index (χ2n) is 3.29. The molecular formula is C11H14N4S. The molecule has 2 rings (SSSR count). The fraction of sp³-hybridized carbons (Fsp3) is 0.273. The number of hydrogen-bond donors (Lipinski definition) is 2. The Morgan fingerprint density at radius 1 is 1.38 bits per heavy atom. The number of rotatable bonds is 1. The molecule has 5 heteroatoms. The Morgan fingerprint density at radius 3 is 3.12 bits per heavy atom. The Bertz CT molecular complexity index is 414. The van der Waals surface area contributed by atoms with Gasteiger partial charge in [0, 0.05) is 31.2 Å². The van der Waals surface area contributed by atoms with Gasteiger partial charge in [0.1, 0.15) is 5.03 Å². The summed E-state index contributed by atoms with van der Waals surface area (Å²) in [5.74, 6) is 1.72. The fourth-order valence-corrected chi connectivity index (χ4v) is 2.12. The van der Waals surface area contributed by atoms with Crippen LogP contribution in [0.4, 0.5) is 5.82 Å². The van der Waals surface area contributed by atoms with Crippen molar-refractivity contribution < 1.29 is 0 Å². The first-order valence-corrected chi connectivity index (χ1v) is 6.12. The summed E-state index contributed by atoms with van der Waals surface area (Å²) in [7, 11) is 0. The largest absolute Gasteiger partial charge is 0.364 e. The number of nitrogens with two attached hydrogens (primary N) is 1. The maximum atomic E-state index is 5.63. The minimum absolute atomic E-state index is 0.566. The highest BCUT2D eigenvalue weighted by Crippen LogP contribution is 2.22. The van der Waals surface area contributed by atoms with Crippen LogP contribution < -0.4 is 11.1 Å². The number of hydrogen-bond acceptors (Lipinski definition) is 5. The Hall–Kier alpha value is -1.33. The van der Waals surface area contributed by atoms with Gasteiger partial charge < -0.3 is 11.1 Å². The molecule has 4 nitrogen and oxygen atoms in total. The molecule has 0 spiro atoms. The van der Waals surface area contributed by atoms with Crippen molar-refractivity contribution in [2.24, 2.45) is 5.73 Å². The van der Waals surface area contributed by atoms with E-state index in [4.69, 9.17) is 5.73 Å². The third-order valence-electron chi connectivity index (χ3n) is 2.18. The molecule has 0 radical (unpaired) electrons. The van der Waals surface area contributed by atoms with E-state index >= 15 is 0 Å². The summed E-state index contributed by atoms with van der Waals surface area (Å²) in [6.45, 7) is 1.29. The zero-order chi connectivity index (χ0) is 11.2. The Morgan fingerprint density at radius 2 is 2.25 bits per heavy atom. The molecule has 0 fully saturated rings. The van der Waals surface area contributed by atoms with Crippen LogP contribution in [0, 0.1) is 0 Å². The summed E-state index contributed by atoms with van der Waals surface area (Å²) in [5, 5.41) is 4.18. The lowest BCUT2D eigenvalue weighted by Gasteiger charge is -2.09. The number of anilines is 1. The monoisotopic (exact) mass is 234 g/mol. The van der Waals surface area contributed by atoms with Crippen LogP contribution in [-0.2, 0) is 0 Å². The van der Waals surface area contributed by atoms with E-state index in [2.05, 4.69) is 33.5 Å². The summed E-state index contributed by atoms with van der Waals surface area (Å²) in [6, 6.07) is 0. The van der Waals surface area contributed by atoms with E-state index in [1.54, 1.807) is 24.2 Å². The fourth-order valence-electron chi connectivity index (χ4n) is 1.38. The average Bonchev–Trinajstić information content (AvgIpc) is 2.34. The molecule has 2 heterocycles. The van der Waals surface area contributed by atoms with E-state index in [-0.39, 0.29) is 0 Å². The second-order valence-corrected chi connectivity index (χ2v) is 4.30. The third kappa shape index (κ3) is 2.84. The first kappa shape index (κ1) is 11.2. The van der Waals surface area contributed by atoms with Crippen molar-refractivity contribution in [2.75, 3.05) is 24.2 Å². The highest BCUT2D eigenvalue weighted by molar-refractivity contribution is 7.99. The number of thioether (sulfide) groups is 1. The van der Waals surface area contributed by atoms with Gasteiger partial charge in [0.25, 0.3) is 0 Å². The predicted molar refractivity (Wildman–Crippen MR) is 67.5 cm³/mol. The zero-order valence-corrected chi connectivity index (χ0v) is 9.70.